The van der Waals surface area contributed by atoms with Gasteiger partial charge >= 0.3 is 0 Å². The van der Waals surface area contributed by atoms with Crippen molar-refractivity contribution >= 4 is 26.6 Å². The second-order valence-electron chi connectivity index (χ2n) is 6.88. The van der Waals surface area contributed by atoms with Gasteiger partial charge in [-0.15, -0.1) is 0 Å². The van der Waals surface area contributed by atoms with Crippen LogP contribution < -0.4 is 10.5 Å². The second kappa shape index (κ2) is 6.85. The maximum atomic E-state index is 12.8. The Bertz CT molecular complexity index is 1360. The Morgan fingerprint density at radius 2 is 1.66 bits per heavy atom. The third-order valence-corrected chi connectivity index (χ3v) is 5.50. The van der Waals surface area contributed by atoms with Gasteiger partial charge in [0.05, 0.1) is 5.69 Å². The number of fused-ring (bicyclic) bond motifs is 1. The molecule has 4 rings (SSSR count). The molecule has 0 aliphatic carbocycles. The Labute approximate surface area is 167 Å². The minimum atomic E-state index is -3.73. The zero-order valence-corrected chi connectivity index (χ0v) is 16.9. The number of benzene rings is 2. The second-order valence-corrected chi connectivity index (χ2v) is 8.81. The number of aromatic amines is 1. The molecular weight excluding hydrogens is 390 g/mol. The van der Waals surface area contributed by atoms with Gasteiger partial charge in [-0.2, -0.15) is 5.10 Å². The smallest absolute Gasteiger partial charge is 0.263 e. The molecule has 29 heavy (non-hydrogen) atoms. The van der Waals surface area contributed by atoms with E-state index in [0.29, 0.717) is 17.1 Å². The zero-order valence-electron chi connectivity index (χ0n) is 16.1. The number of para-hydroxylation sites is 1. The van der Waals surface area contributed by atoms with Gasteiger partial charge in [0.25, 0.3) is 5.56 Å². The summed E-state index contributed by atoms with van der Waals surface area (Å²) in [5.74, 6) is 0.338. The highest BCUT2D eigenvalue weighted by Crippen LogP contribution is 2.24. The van der Waals surface area contributed by atoms with Crippen molar-refractivity contribution in [1.29, 1.82) is 0 Å². The van der Waals surface area contributed by atoms with E-state index in [9.17, 15) is 13.2 Å². The van der Waals surface area contributed by atoms with Crippen molar-refractivity contribution in [2.24, 2.45) is 0 Å². The summed E-state index contributed by atoms with van der Waals surface area (Å²) >= 11 is 0. The van der Waals surface area contributed by atoms with Gasteiger partial charge in [-0.1, -0.05) is 18.2 Å². The van der Waals surface area contributed by atoms with Crippen LogP contribution in [0.15, 0.2) is 64.4 Å². The van der Waals surface area contributed by atoms with Crippen LogP contribution in [0, 0.1) is 0 Å². The molecule has 0 bridgehead atoms. The van der Waals surface area contributed by atoms with Gasteiger partial charge in [0.2, 0.25) is 0 Å². The molecule has 148 valence electrons. The normalized spacial score (nSPS) is 11.7. The molecule has 0 amide bonds. The molecule has 0 aliphatic rings. The van der Waals surface area contributed by atoms with Crippen LogP contribution in [0.5, 0.6) is 0 Å². The van der Waals surface area contributed by atoms with Crippen molar-refractivity contribution in [3.8, 4) is 17.1 Å². The van der Waals surface area contributed by atoms with Gasteiger partial charge in [0.1, 0.15) is 11.2 Å². The maximum absolute atomic E-state index is 12.8. The van der Waals surface area contributed by atoms with Crippen LogP contribution in [0.4, 0.5) is 5.69 Å². The summed E-state index contributed by atoms with van der Waals surface area (Å²) in [5, 5.41) is 3.86. The van der Waals surface area contributed by atoms with E-state index >= 15 is 0 Å². The molecule has 8 nitrogen and oxygen atoms in total. The van der Waals surface area contributed by atoms with Crippen molar-refractivity contribution in [3.05, 3.63) is 65.0 Å². The number of aromatic nitrogens is 4. The molecule has 2 aromatic heterocycles. The van der Waals surface area contributed by atoms with Crippen LogP contribution in [0.2, 0.25) is 0 Å². The lowest BCUT2D eigenvalue weighted by Gasteiger charge is -2.12. The molecule has 1 N–H and O–H groups in total. The number of nitrogens with one attached hydrogen (secondary N) is 1. The summed E-state index contributed by atoms with van der Waals surface area (Å²) in [4.78, 5) is 22.1. The van der Waals surface area contributed by atoms with Crippen molar-refractivity contribution in [1.82, 2.24) is 19.7 Å². The molecule has 2 heterocycles. The minimum absolute atomic E-state index is 0.0509. The Kier molecular flexibility index (Phi) is 4.46. The van der Waals surface area contributed by atoms with Gasteiger partial charge in [-0.05, 0) is 36.4 Å². The average molecular weight is 409 g/mol. The highest BCUT2D eigenvalue weighted by atomic mass is 32.2. The molecule has 0 spiro atoms. The molecule has 0 saturated carbocycles. The van der Waals surface area contributed by atoms with Crippen LogP contribution in [0.25, 0.3) is 28.1 Å². The molecule has 4 aromatic rings. The molecule has 0 aliphatic heterocycles. The lowest BCUT2D eigenvalue weighted by molar-refractivity contribution is 0.597. The number of hydrogen-bond donors (Lipinski definition) is 1. The molecule has 9 heteroatoms. The molecular formula is C20H19N5O3S. The predicted molar refractivity (Wildman–Crippen MR) is 112 cm³/mol. The van der Waals surface area contributed by atoms with E-state index in [0.717, 1.165) is 11.9 Å². The summed E-state index contributed by atoms with van der Waals surface area (Å²) in [6.45, 7) is 0. The number of sulfone groups is 1. The summed E-state index contributed by atoms with van der Waals surface area (Å²) in [6, 6.07) is 16.5. The first kappa shape index (κ1) is 18.9. The number of anilines is 1. The van der Waals surface area contributed by atoms with Crippen LogP contribution in [0.1, 0.15) is 0 Å². The van der Waals surface area contributed by atoms with Crippen LogP contribution in [0.3, 0.4) is 0 Å². The van der Waals surface area contributed by atoms with Gasteiger partial charge in [-0.25, -0.2) is 18.1 Å². The van der Waals surface area contributed by atoms with Gasteiger partial charge in [0, 0.05) is 31.6 Å². The predicted octanol–water partition coefficient (Wildman–Crippen LogP) is 2.25. The van der Waals surface area contributed by atoms with Crippen LogP contribution in [-0.4, -0.2) is 48.5 Å². The Morgan fingerprint density at radius 1 is 1.00 bits per heavy atom. The number of nitrogens with zero attached hydrogens (tertiary/aromatic N) is 4. The van der Waals surface area contributed by atoms with Crippen LogP contribution >= 0.6 is 0 Å². The van der Waals surface area contributed by atoms with Crippen molar-refractivity contribution in [3.63, 3.8) is 0 Å². The van der Waals surface area contributed by atoms with E-state index in [2.05, 4.69) is 15.1 Å². The van der Waals surface area contributed by atoms with E-state index < -0.39 is 15.4 Å². The number of rotatable bonds is 4. The minimum Gasteiger partial charge on any atom is -0.378 e. The Hall–Kier alpha value is -3.46. The van der Waals surface area contributed by atoms with E-state index in [1.165, 1.54) is 4.68 Å². The number of hydrogen-bond acceptors (Lipinski definition) is 6. The Balaban J connectivity index is 2.00. The highest BCUT2D eigenvalue weighted by molar-refractivity contribution is 7.90. The summed E-state index contributed by atoms with van der Waals surface area (Å²) in [5.41, 5.74) is 1.96. The average Bonchev–Trinajstić information content (AvgIpc) is 3.09. The lowest BCUT2D eigenvalue weighted by Crippen LogP contribution is -2.12. The molecule has 0 saturated heterocycles. The third-order valence-electron chi connectivity index (χ3n) is 4.51. The molecule has 2 aromatic carbocycles. The van der Waals surface area contributed by atoms with Gasteiger partial charge in [-0.3, -0.25) is 4.79 Å². The lowest BCUT2D eigenvalue weighted by atomic mass is 10.2. The van der Waals surface area contributed by atoms with Crippen LogP contribution in [-0.2, 0) is 9.84 Å². The number of H-pyrrole nitrogens is 1. The zero-order chi connectivity index (χ0) is 20.8. The summed E-state index contributed by atoms with van der Waals surface area (Å²) in [6.07, 6.45) is 1.03. The van der Waals surface area contributed by atoms with Gasteiger partial charge in [0.15, 0.2) is 20.5 Å². The fourth-order valence-electron chi connectivity index (χ4n) is 3.06. The molecule has 0 atom stereocenters. The first-order valence-electron chi connectivity index (χ1n) is 8.82. The van der Waals surface area contributed by atoms with E-state index in [4.69, 9.17) is 0 Å². The van der Waals surface area contributed by atoms with E-state index in [1.54, 1.807) is 24.3 Å². The van der Waals surface area contributed by atoms with Gasteiger partial charge < -0.3 is 9.88 Å². The quantitative estimate of drug-likeness (QED) is 0.555. The Morgan fingerprint density at radius 3 is 2.24 bits per heavy atom. The monoisotopic (exact) mass is 409 g/mol. The third kappa shape index (κ3) is 3.40. The topological polar surface area (TPSA) is 101 Å². The van der Waals surface area contributed by atoms with Crippen molar-refractivity contribution < 1.29 is 8.42 Å². The summed E-state index contributed by atoms with van der Waals surface area (Å²) < 4.78 is 25.9. The fraction of sp³-hybridized carbons (Fsp3) is 0.150. The first-order valence-corrected chi connectivity index (χ1v) is 10.7. The highest BCUT2D eigenvalue weighted by Gasteiger charge is 2.24. The van der Waals surface area contributed by atoms with Crippen molar-refractivity contribution in [2.45, 2.75) is 5.03 Å². The van der Waals surface area contributed by atoms with E-state index in [1.807, 2.05) is 49.3 Å². The summed E-state index contributed by atoms with van der Waals surface area (Å²) in [7, 11) is 0.144. The fourth-order valence-corrected chi connectivity index (χ4v) is 3.84. The van der Waals surface area contributed by atoms with E-state index in [-0.39, 0.29) is 16.1 Å². The maximum Gasteiger partial charge on any atom is 0.263 e. The SMILES string of the molecule is CN(C)c1ccc(-c2nc3c(c(S(C)(=O)=O)nn3-c3ccccc3)c(=O)[nH]2)cc1. The first-order chi connectivity index (χ1) is 13.8. The van der Waals surface area contributed by atoms with Crippen molar-refractivity contribution in [2.75, 3.05) is 25.3 Å². The standard InChI is InChI=1S/C20H19N5O3S/c1-24(2)14-11-9-13(10-12-14)17-21-18-16(19(26)22-17)20(29(3,27)28)23-25(18)15-7-5-4-6-8-15/h4-12H,1-3H3,(H,21,22,26). The molecule has 0 fully saturated rings. The largest absolute Gasteiger partial charge is 0.378 e. The molecule has 0 radical (unpaired) electrons. The molecule has 0 unspecified atom stereocenters.